The van der Waals surface area contributed by atoms with Gasteiger partial charge in [0, 0.05) is 29.8 Å². The van der Waals surface area contributed by atoms with Crippen LogP contribution < -0.4 is 16.2 Å². The van der Waals surface area contributed by atoms with Crippen molar-refractivity contribution in [1.29, 1.82) is 0 Å². The Labute approximate surface area is 263 Å². The number of benzene rings is 5. The molecule has 2 aliphatic heterocycles. The van der Waals surface area contributed by atoms with Crippen molar-refractivity contribution >= 4 is 27.6 Å². The molecule has 6 aromatic rings. The molecule has 3 unspecified atom stereocenters. The molecule has 0 radical (unpaired) electrons. The van der Waals surface area contributed by atoms with Gasteiger partial charge in [-0.3, -0.25) is 9.88 Å². The summed E-state index contributed by atoms with van der Waals surface area (Å²) in [4.78, 5) is 2.37. The molecule has 3 aliphatic rings. The average Bonchev–Trinajstić information content (AvgIpc) is 3.78. The number of hydrogen-bond acceptors (Lipinski definition) is 4. The molecule has 9 rings (SSSR count). The van der Waals surface area contributed by atoms with Gasteiger partial charge in [0.25, 0.3) is 0 Å². The second-order valence-corrected chi connectivity index (χ2v) is 12.7. The molecule has 3 atom stereocenters. The number of hydrazine groups is 1. The van der Waals surface area contributed by atoms with Gasteiger partial charge < -0.3 is 4.90 Å². The molecule has 3 heterocycles. The lowest BCUT2D eigenvalue weighted by molar-refractivity contribution is 0.455. The predicted octanol–water partition coefficient (Wildman–Crippen LogP) is 7.52. The highest BCUT2D eigenvalue weighted by Crippen LogP contribution is 2.54. The van der Waals surface area contributed by atoms with Crippen molar-refractivity contribution in [1.82, 2.24) is 25.6 Å². The van der Waals surface area contributed by atoms with E-state index in [1.165, 1.54) is 66.6 Å². The molecular weight excluding hydrogens is 550 g/mol. The number of allylic oxidation sites excluding steroid dienone is 2. The van der Waals surface area contributed by atoms with Crippen molar-refractivity contribution in [3.63, 3.8) is 0 Å². The molecule has 3 N–H and O–H groups in total. The van der Waals surface area contributed by atoms with Crippen LogP contribution >= 0.6 is 0 Å². The van der Waals surface area contributed by atoms with Crippen LogP contribution in [0, 0.1) is 0 Å². The average molecular weight is 586 g/mol. The number of fused-ring (bicyclic) bond motifs is 6. The van der Waals surface area contributed by atoms with E-state index >= 15 is 0 Å². The van der Waals surface area contributed by atoms with Crippen molar-refractivity contribution in [3.05, 3.63) is 161 Å². The number of aromatic nitrogens is 1. The summed E-state index contributed by atoms with van der Waals surface area (Å²) in [7, 11) is 2.20. The van der Waals surface area contributed by atoms with E-state index in [1.807, 2.05) is 0 Å². The van der Waals surface area contributed by atoms with Crippen LogP contribution in [0.3, 0.4) is 0 Å². The molecule has 0 spiro atoms. The lowest BCUT2D eigenvalue weighted by Crippen LogP contribution is -2.40. The third kappa shape index (κ3) is 3.91. The minimum Gasteiger partial charge on any atom is -0.357 e. The van der Waals surface area contributed by atoms with E-state index in [0.29, 0.717) is 0 Å². The molecule has 5 heteroatoms. The van der Waals surface area contributed by atoms with Crippen LogP contribution in [0.4, 0.5) is 0 Å². The maximum atomic E-state index is 3.71. The topological polar surface area (TPSA) is 44.3 Å². The Bertz CT molecular complexity index is 2160. The highest BCUT2D eigenvalue weighted by Gasteiger charge is 2.41. The molecule has 45 heavy (non-hydrogen) atoms. The first-order valence-electron chi connectivity index (χ1n) is 15.8. The summed E-state index contributed by atoms with van der Waals surface area (Å²) in [6, 6.07) is 44.2. The molecule has 0 saturated carbocycles. The fourth-order valence-corrected chi connectivity index (χ4v) is 7.87. The van der Waals surface area contributed by atoms with Crippen molar-refractivity contribution in [2.24, 2.45) is 0 Å². The summed E-state index contributed by atoms with van der Waals surface area (Å²) in [5, 5.41) is 6.28. The predicted molar refractivity (Wildman–Crippen MR) is 184 cm³/mol. The molecule has 1 aliphatic carbocycles. The van der Waals surface area contributed by atoms with Crippen LogP contribution in [-0.4, -0.2) is 29.2 Å². The van der Waals surface area contributed by atoms with Crippen LogP contribution in [0.25, 0.3) is 38.8 Å². The maximum Gasteiger partial charge on any atom is 0.113 e. The van der Waals surface area contributed by atoms with E-state index in [9.17, 15) is 0 Å². The third-order valence-corrected chi connectivity index (χ3v) is 10.2. The van der Waals surface area contributed by atoms with Gasteiger partial charge in [-0.1, -0.05) is 109 Å². The lowest BCUT2D eigenvalue weighted by atomic mass is 9.74. The van der Waals surface area contributed by atoms with Crippen LogP contribution in [0.5, 0.6) is 0 Å². The molecule has 0 amide bonds. The molecule has 0 bridgehead atoms. The Kier molecular flexibility index (Phi) is 5.91. The fourth-order valence-electron chi connectivity index (χ4n) is 7.87. The van der Waals surface area contributed by atoms with E-state index in [0.717, 1.165) is 6.54 Å². The summed E-state index contributed by atoms with van der Waals surface area (Å²) in [6.07, 6.45) is 4.67. The zero-order chi connectivity index (χ0) is 30.1. The Morgan fingerprint density at radius 2 is 1.36 bits per heavy atom. The first kappa shape index (κ1) is 26.5. The molecule has 5 aromatic carbocycles. The zero-order valence-electron chi connectivity index (χ0n) is 25.5. The Morgan fingerprint density at radius 3 is 2.18 bits per heavy atom. The summed E-state index contributed by atoms with van der Waals surface area (Å²) in [6.45, 7) is 3.21. The van der Waals surface area contributed by atoms with Crippen LogP contribution in [0.2, 0.25) is 0 Å². The van der Waals surface area contributed by atoms with Gasteiger partial charge in [0.05, 0.1) is 23.4 Å². The fraction of sp³-hybridized carbons (Fsp3) is 0.150. The summed E-state index contributed by atoms with van der Waals surface area (Å²) in [5.41, 5.74) is 18.3. The van der Waals surface area contributed by atoms with Gasteiger partial charge in [-0.05, 0) is 70.2 Å². The minimum absolute atomic E-state index is 0.0435. The van der Waals surface area contributed by atoms with Crippen molar-refractivity contribution in [2.75, 3.05) is 13.6 Å². The normalized spacial score (nSPS) is 22.4. The molecule has 5 nitrogen and oxygen atoms in total. The number of nitrogens with zero attached hydrogens (tertiary/aromatic N) is 2. The zero-order valence-corrected chi connectivity index (χ0v) is 25.5. The van der Waals surface area contributed by atoms with Gasteiger partial charge in [0.2, 0.25) is 0 Å². The maximum absolute atomic E-state index is 3.71. The van der Waals surface area contributed by atoms with Crippen LogP contribution in [0.15, 0.2) is 139 Å². The van der Waals surface area contributed by atoms with Gasteiger partial charge in [-0.15, -0.1) is 0 Å². The van der Waals surface area contributed by atoms with Crippen molar-refractivity contribution in [2.45, 2.75) is 24.7 Å². The molecular formula is C40H35N5. The van der Waals surface area contributed by atoms with Gasteiger partial charge in [0.1, 0.15) is 5.82 Å². The first-order chi connectivity index (χ1) is 22.1. The minimum atomic E-state index is -0.245. The Hall–Kier alpha value is -4.94. The highest BCUT2D eigenvalue weighted by atomic mass is 15.5. The third-order valence-electron chi connectivity index (χ3n) is 10.2. The van der Waals surface area contributed by atoms with Crippen molar-refractivity contribution in [3.8, 4) is 11.1 Å². The van der Waals surface area contributed by atoms with Crippen LogP contribution in [0.1, 0.15) is 35.3 Å². The quantitative estimate of drug-likeness (QED) is 0.200. The standard InChI is InChI=1S/C40H35N5/c1-40(28-15-7-4-8-16-28)33-19-11-9-17-29(33)31-23-32-30-18-10-12-20-35(30)45(36(32)24-34(31)40)37-22-21-27(25-44(37)2)39-41-38(42-43-39)26-13-5-3-6-14-26/h3-24,38-39,41-43H,25H2,1-2H3. The summed E-state index contributed by atoms with van der Waals surface area (Å²) in [5.74, 6) is 1.17. The molecule has 1 saturated heterocycles. The SMILES string of the molecule is CN1CC(C2NNC(c3ccccc3)N2)=CC=C1n1c2ccccc2c2cc3c(cc21)C(C)(c1ccccc1)c1ccccc1-3. The van der Waals surface area contributed by atoms with Gasteiger partial charge in [-0.25, -0.2) is 10.9 Å². The second kappa shape index (κ2) is 10.0. The molecule has 220 valence electrons. The lowest BCUT2D eigenvalue weighted by Gasteiger charge is -2.31. The smallest absolute Gasteiger partial charge is 0.113 e. The van der Waals surface area contributed by atoms with Gasteiger partial charge in [0.15, 0.2) is 0 Å². The van der Waals surface area contributed by atoms with E-state index in [1.54, 1.807) is 0 Å². The number of nitrogens with one attached hydrogen (secondary N) is 3. The van der Waals surface area contributed by atoms with Crippen molar-refractivity contribution < 1.29 is 0 Å². The van der Waals surface area contributed by atoms with Crippen LogP contribution in [-0.2, 0) is 5.41 Å². The Morgan fingerprint density at radius 1 is 0.644 bits per heavy atom. The number of para-hydroxylation sites is 1. The monoisotopic (exact) mass is 585 g/mol. The van der Waals surface area contributed by atoms with E-state index in [4.69, 9.17) is 0 Å². The van der Waals surface area contributed by atoms with E-state index in [2.05, 4.69) is 173 Å². The number of rotatable bonds is 4. The first-order valence-corrected chi connectivity index (χ1v) is 15.8. The molecule has 1 fully saturated rings. The van der Waals surface area contributed by atoms with E-state index < -0.39 is 0 Å². The largest absolute Gasteiger partial charge is 0.357 e. The summed E-state index contributed by atoms with van der Waals surface area (Å²) >= 11 is 0. The highest BCUT2D eigenvalue weighted by molar-refractivity contribution is 6.12. The summed E-state index contributed by atoms with van der Waals surface area (Å²) < 4.78 is 2.47. The molecule has 1 aromatic heterocycles. The van der Waals surface area contributed by atoms with E-state index in [-0.39, 0.29) is 17.7 Å². The Balaban J connectivity index is 1.19. The van der Waals surface area contributed by atoms with Gasteiger partial charge in [-0.2, -0.15) is 0 Å². The van der Waals surface area contributed by atoms with Gasteiger partial charge >= 0.3 is 0 Å². The second-order valence-electron chi connectivity index (χ2n) is 12.7. The number of hydrogen-bond donors (Lipinski definition) is 3. The number of likely N-dealkylation sites (N-methyl/N-ethyl adjacent to an activating group) is 1.